The molecule has 0 atom stereocenters. The summed E-state index contributed by atoms with van der Waals surface area (Å²) in [4.78, 5) is 11.0. The second kappa shape index (κ2) is 9.00. The molecule has 0 aliphatic rings. The van der Waals surface area contributed by atoms with Gasteiger partial charge in [-0.05, 0) is 36.2 Å². The van der Waals surface area contributed by atoms with Crippen LogP contribution < -0.4 is 15.2 Å². The molecule has 0 amide bonds. The number of rotatable bonds is 7. The van der Waals surface area contributed by atoms with E-state index in [0.29, 0.717) is 39.3 Å². The number of carbonyl (C=O) groups is 1. The van der Waals surface area contributed by atoms with E-state index < -0.39 is 5.97 Å². The summed E-state index contributed by atoms with van der Waals surface area (Å²) in [5.41, 5.74) is 3.79. The van der Waals surface area contributed by atoms with Crippen LogP contribution in [0.3, 0.4) is 0 Å². The molecule has 28 heavy (non-hydrogen) atoms. The molecule has 0 saturated heterocycles. The average Bonchev–Trinajstić information content (AvgIpc) is 2.65. The fourth-order valence-corrected chi connectivity index (χ4v) is 3.33. The number of para-hydroxylation sites is 1. The number of anilines is 2. The van der Waals surface area contributed by atoms with Crippen LogP contribution in [-0.4, -0.2) is 5.97 Å². The first-order valence-electron chi connectivity index (χ1n) is 8.65. The summed E-state index contributed by atoms with van der Waals surface area (Å²) < 4.78 is 5.87. The van der Waals surface area contributed by atoms with Crippen LogP contribution in [0.25, 0.3) is 0 Å². The summed E-state index contributed by atoms with van der Waals surface area (Å²) >= 11 is 12.8. The monoisotopic (exact) mass is 414 g/mol. The minimum absolute atomic E-state index is 0.220. The lowest BCUT2D eigenvalue weighted by Crippen LogP contribution is -2.24. The van der Waals surface area contributed by atoms with Gasteiger partial charge >= 0.3 is 0 Å². The Hall–Kier alpha value is -2.69. The van der Waals surface area contributed by atoms with Gasteiger partial charge < -0.3 is 20.0 Å². The van der Waals surface area contributed by atoms with Crippen LogP contribution >= 0.6 is 23.2 Å². The highest BCUT2D eigenvalue weighted by Crippen LogP contribution is 2.40. The third kappa shape index (κ3) is 4.97. The van der Waals surface area contributed by atoms with Gasteiger partial charge in [0, 0.05) is 18.1 Å². The Morgan fingerprint density at radius 2 is 1.86 bits per heavy atom. The number of aliphatic carboxylic acids is 1. The zero-order valence-electron chi connectivity index (χ0n) is 15.2. The molecule has 0 aliphatic carbocycles. The number of benzene rings is 3. The van der Waals surface area contributed by atoms with Crippen LogP contribution in [-0.2, 0) is 17.8 Å². The molecule has 0 saturated carbocycles. The van der Waals surface area contributed by atoms with Gasteiger partial charge in [0.2, 0.25) is 0 Å². The number of hydrogen-bond donors (Lipinski definition) is 1. The van der Waals surface area contributed by atoms with Crippen LogP contribution in [0.15, 0.2) is 60.7 Å². The quantitative estimate of drug-likeness (QED) is 0.595. The first kappa shape index (κ1) is 20.1. The maximum absolute atomic E-state index is 11.0. The van der Waals surface area contributed by atoms with E-state index in [4.69, 9.17) is 27.9 Å². The molecule has 0 unspecified atom stereocenters. The van der Waals surface area contributed by atoms with Crippen molar-refractivity contribution >= 4 is 40.5 Å². The normalized spacial score (nSPS) is 10.5. The number of carboxylic acid groups (broad SMARTS) is 1. The summed E-state index contributed by atoms with van der Waals surface area (Å²) in [6, 6.07) is 18.4. The van der Waals surface area contributed by atoms with Gasteiger partial charge in [-0.25, -0.2) is 0 Å². The van der Waals surface area contributed by atoms with E-state index >= 15 is 0 Å². The fraction of sp³-hybridized carbons (Fsp3) is 0.136. The van der Waals surface area contributed by atoms with E-state index in [1.165, 1.54) is 0 Å². The van der Waals surface area contributed by atoms with Crippen molar-refractivity contribution in [1.29, 1.82) is 0 Å². The second-order valence-electron chi connectivity index (χ2n) is 6.34. The number of halogens is 2. The molecule has 1 N–H and O–H groups in total. The Morgan fingerprint density at radius 3 is 2.61 bits per heavy atom. The third-order valence-corrected chi connectivity index (χ3v) is 4.83. The van der Waals surface area contributed by atoms with Gasteiger partial charge in [0.25, 0.3) is 0 Å². The Balaban J connectivity index is 1.84. The van der Waals surface area contributed by atoms with Gasteiger partial charge in [-0.3, -0.25) is 0 Å². The predicted molar refractivity (Wildman–Crippen MR) is 110 cm³/mol. The number of aryl methyl sites for hydroxylation is 1. The second-order valence-corrected chi connectivity index (χ2v) is 7.13. The van der Waals surface area contributed by atoms with E-state index in [1.807, 2.05) is 31.2 Å². The molecule has 0 bridgehead atoms. The zero-order chi connectivity index (χ0) is 20.1. The molecule has 0 spiro atoms. The van der Waals surface area contributed by atoms with Crippen molar-refractivity contribution < 1.29 is 14.6 Å². The molecule has 6 heteroatoms. The Kier molecular flexibility index (Phi) is 6.45. The van der Waals surface area contributed by atoms with Crippen molar-refractivity contribution in [2.75, 3.05) is 5.32 Å². The molecule has 144 valence electrons. The van der Waals surface area contributed by atoms with Crippen molar-refractivity contribution in [3.63, 3.8) is 0 Å². The van der Waals surface area contributed by atoms with Crippen LogP contribution in [0.4, 0.5) is 11.4 Å². The number of nitrogens with one attached hydrogen (secondary N) is 1. The predicted octanol–water partition coefficient (Wildman–Crippen LogP) is 4.92. The van der Waals surface area contributed by atoms with Crippen LogP contribution in [0.5, 0.6) is 5.75 Å². The zero-order valence-corrected chi connectivity index (χ0v) is 16.7. The fourth-order valence-electron chi connectivity index (χ4n) is 2.81. The van der Waals surface area contributed by atoms with Crippen molar-refractivity contribution in [2.45, 2.75) is 20.0 Å². The Bertz CT molecular complexity index is 1000. The lowest BCUT2D eigenvalue weighted by atomic mass is 10.1. The summed E-state index contributed by atoms with van der Waals surface area (Å²) in [5.74, 6) is -0.686. The van der Waals surface area contributed by atoms with Crippen molar-refractivity contribution in [1.82, 2.24) is 0 Å². The summed E-state index contributed by atoms with van der Waals surface area (Å²) in [6.45, 7) is 2.38. The van der Waals surface area contributed by atoms with Crippen LogP contribution in [0.2, 0.25) is 10.0 Å². The third-order valence-electron chi connectivity index (χ3n) is 4.14. The minimum atomic E-state index is -1.17. The SMILES string of the molecule is Cc1cccc(COc2ccc(Cl)c(Nc3ccccc3CC(=O)[O-])c2Cl)c1. The number of hydrogen-bond acceptors (Lipinski definition) is 4. The maximum Gasteiger partial charge on any atom is 0.140 e. The summed E-state index contributed by atoms with van der Waals surface area (Å²) in [5, 5.41) is 14.8. The minimum Gasteiger partial charge on any atom is -0.550 e. The van der Waals surface area contributed by atoms with Crippen molar-refractivity contribution in [3.05, 3.63) is 87.4 Å². The van der Waals surface area contributed by atoms with Crippen molar-refractivity contribution in [2.24, 2.45) is 0 Å². The highest BCUT2D eigenvalue weighted by Gasteiger charge is 2.14. The van der Waals surface area contributed by atoms with Crippen molar-refractivity contribution in [3.8, 4) is 5.75 Å². The van der Waals surface area contributed by atoms with E-state index in [2.05, 4.69) is 5.32 Å². The summed E-state index contributed by atoms with van der Waals surface area (Å²) in [7, 11) is 0. The molecule has 0 fully saturated rings. The van der Waals surface area contributed by atoms with Gasteiger partial charge in [0.05, 0.1) is 10.7 Å². The number of carbonyl (C=O) groups excluding carboxylic acids is 1. The standard InChI is InChI=1S/C22H19Cl2NO3/c1-14-5-4-6-15(11-14)13-28-19-10-9-17(23)22(21(19)24)25-18-8-3-2-7-16(18)12-20(26)27/h2-11,25H,12-13H2,1H3,(H,26,27)/p-1. The molecule has 3 aromatic carbocycles. The highest BCUT2D eigenvalue weighted by molar-refractivity contribution is 6.40. The van der Waals surface area contributed by atoms with Gasteiger partial charge in [0.1, 0.15) is 17.4 Å². The molecule has 3 aromatic rings. The molecule has 0 heterocycles. The lowest BCUT2D eigenvalue weighted by Gasteiger charge is -2.17. The van der Waals surface area contributed by atoms with Gasteiger partial charge in [0.15, 0.2) is 0 Å². The summed E-state index contributed by atoms with van der Waals surface area (Å²) in [6.07, 6.45) is -0.220. The van der Waals surface area contributed by atoms with Gasteiger partial charge in [-0.15, -0.1) is 0 Å². The van der Waals surface area contributed by atoms with Crippen LogP contribution in [0.1, 0.15) is 16.7 Å². The number of carboxylic acids is 1. The molecule has 0 aliphatic heterocycles. The van der Waals surface area contributed by atoms with E-state index in [-0.39, 0.29) is 6.42 Å². The number of ether oxygens (including phenoxy) is 1. The average molecular weight is 415 g/mol. The molecule has 4 nitrogen and oxygen atoms in total. The first-order chi connectivity index (χ1) is 13.4. The van der Waals surface area contributed by atoms with E-state index in [1.54, 1.807) is 36.4 Å². The highest BCUT2D eigenvalue weighted by atomic mass is 35.5. The van der Waals surface area contributed by atoms with E-state index in [0.717, 1.165) is 11.1 Å². The topological polar surface area (TPSA) is 61.4 Å². The molecular weight excluding hydrogens is 397 g/mol. The van der Waals surface area contributed by atoms with Gasteiger partial charge in [-0.1, -0.05) is 71.2 Å². The molecular formula is C22H18Cl2NO3-. The smallest absolute Gasteiger partial charge is 0.140 e. The molecule has 0 radical (unpaired) electrons. The largest absolute Gasteiger partial charge is 0.550 e. The lowest BCUT2D eigenvalue weighted by molar-refractivity contribution is -0.304. The molecule has 3 rings (SSSR count). The maximum atomic E-state index is 11.0. The first-order valence-corrected chi connectivity index (χ1v) is 9.41. The van der Waals surface area contributed by atoms with E-state index in [9.17, 15) is 9.90 Å². The van der Waals surface area contributed by atoms with Gasteiger partial charge in [-0.2, -0.15) is 0 Å². The Labute approximate surface area is 173 Å². The van der Waals surface area contributed by atoms with Crippen LogP contribution in [0, 0.1) is 6.92 Å². The Morgan fingerprint density at radius 1 is 1.07 bits per heavy atom. The molecule has 0 aromatic heterocycles.